The second-order valence-electron chi connectivity index (χ2n) is 21.9. The number of aromatic nitrogens is 3. The molecule has 0 spiro atoms. The molecule has 0 saturated heterocycles. The number of benzene rings is 13. The molecule has 0 bridgehead atoms. The van der Waals surface area contributed by atoms with Crippen LogP contribution in [-0.4, -0.2) is 29.8 Å². The van der Waals surface area contributed by atoms with Gasteiger partial charge in [-0.3, -0.25) is 0 Å². The molecule has 16 aromatic rings. The normalized spacial score (nSPS) is 12.1. The van der Waals surface area contributed by atoms with Gasteiger partial charge in [-0.25, -0.2) is 0 Å². The summed E-state index contributed by atoms with van der Waals surface area (Å²) in [4.78, 5) is 0. The molecular weight excluding hydrogens is 1040 g/mol. The molecule has 83 heavy (non-hydrogen) atoms. The molecular formula is C78H55N3Si2. The van der Waals surface area contributed by atoms with Crippen LogP contribution in [0.15, 0.2) is 334 Å². The molecule has 3 aromatic heterocycles. The summed E-state index contributed by atoms with van der Waals surface area (Å²) < 4.78 is 7.50. The van der Waals surface area contributed by atoms with Gasteiger partial charge in [-0.15, -0.1) is 0 Å². The van der Waals surface area contributed by atoms with E-state index in [0.29, 0.717) is 0 Å². The molecule has 0 fully saturated rings. The highest BCUT2D eigenvalue weighted by Gasteiger charge is 2.43. The van der Waals surface area contributed by atoms with Crippen LogP contribution in [0.4, 0.5) is 0 Å². The zero-order valence-electron chi connectivity index (χ0n) is 45.6. The van der Waals surface area contributed by atoms with Gasteiger partial charge in [-0.2, -0.15) is 0 Å². The maximum Gasteiger partial charge on any atom is 0.179 e. The lowest BCUT2D eigenvalue weighted by atomic mass is 10.1. The number of fused-ring (bicyclic) bond motifs is 9. The van der Waals surface area contributed by atoms with Crippen molar-refractivity contribution in [2.24, 2.45) is 0 Å². The first kappa shape index (κ1) is 48.6. The Hall–Kier alpha value is -10.3. The number of para-hydroxylation sites is 3. The number of hydrogen-bond acceptors (Lipinski definition) is 0. The van der Waals surface area contributed by atoms with Crippen LogP contribution in [0.2, 0.25) is 0 Å². The third kappa shape index (κ3) is 7.49. The first-order chi connectivity index (χ1) is 41.2. The van der Waals surface area contributed by atoms with Crippen molar-refractivity contribution in [3.05, 3.63) is 334 Å². The zero-order chi connectivity index (χ0) is 54.9. The van der Waals surface area contributed by atoms with Gasteiger partial charge in [0.15, 0.2) is 16.1 Å². The van der Waals surface area contributed by atoms with Crippen molar-refractivity contribution in [1.82, 2.24) is 13.7 Å². The van der Waals surface area contributed by atoms with E-state index in [1.54, 1.807) is 0 Å². The minimum atomic E-state index is -2.92. The molecule has 0 N–H and O–H groups in total. The van der Waals surface area contributed by atoms with Gasteiger partial charge in [0, 0.05) is 49.4 Å². The summed E-state index contributed by atoms with van der Waals surface area (Å²) in [7, 11) is -5.75. The Morgan fingerprint density at radius 3 is 0.819 bits per heavy atom. The Balaban J connectivity index is 0.954. The van der Waals surface area contributed by atoms with Gasteiger partial charge in [-0.05, 0) is 114 Å². The Morgan fingerprint density at radius 1 is 0.157 bits per heavy atom. The minimum Gasteiger partial charge on any atom is -0.309 e. The van der Waals surface area contributed by atoms with Crippen LogP contribution in [0.3, 0.4) is 0 Å². The van der Waals surface area contributed by atoms with Gasteiger partial charge in [-0.1, -0.05) is 261 Å². The van der Waals surface area contributed by atoms with Crippen molar-refractivity contribution in [2.45, 2.75) is 0 Å². The van der Waals surface area contributed by atoms with Crippen LogP contribution in [0.1, 0.15) is 0 Å². The quantitative estimate of drug-likeness (QED) is 0.0906. The van der Waals surface area contributed by atoms with Crippen LogP contribution in [0.25, 0.3) is 82.5 Å². The molecule has 3 nitrogen and oxygen atoms in total. The highest BCUT2D eigenvalue weighted by Crippen LogP contribution is 2.39. The molecule has 390 valence electrons. The van der Waals surface area contributed by atoms with Gasteiger partial charge < -0.3 is 13.7 Å². The summed E-state index contributed by atoms with van der Waals surface area (Å²) in [6.45, 7) is 0. The van der Waals surface area contributed by atoms with Crippen molar-refractivity contribution in [3.63, 3.8) is 0 Å². The van der Waals surface area contributed by atoms with E-state index in [0.717, 1.165) is 28.1 Å². The first-order valence-corrected chi connectivity index (χ1v) is 32.7. The van der Waals surface area contributed by atoms with Crippen LogP contribution in [0, 0.1) is 0 Å². The van der Waals surface area contributed by atoms with E-state index in [1.807, 2.05) is 0 Å². The standard InChI is InChI=1S/C78H55N3Si2/c1-7-27-59(28-8-1)82(60-29-9-2-10-30-60,61-31-11-3-12-32-61)65-39-25-26-56(52-65)79-75-45-24-21-42-69(75)71-54-58(47-50-76(71)79)81-77-51-46-57(80-73-43-22-19-40-67(73)68-41-20-23-44-74(68)80)53-72(77)70-49-48-66(55-78(70)81)83(62-33-13-4-14-34-62,63-35-15-5-16-36-63)64-37-17-6-18-38-64/h1-55H. The number of nitrogens with zero attached hydrogens (tertiary/aromatic N) is 3. The highest BCUT2D eigenvalue weighted by atomic mass is 28.3. The molecule has 0 unspecified atom stereocenters. The maximum atomic E-state index is 2.55. The molecule has 0 atom stereocenters. The fraction of sp³-hybridized carbons (Fsp3) is 0. The van der Waals surface area contributed by atoms with E-state index < -0.39 is 16.1 Å². The summed E-state index contributed by atoms with van der Waals surface area (Å²) in [6, 6.07) is 125. The number of rotatable bonds is 11. The smallest absolute Gasteiger partial charge is 0.179 e. The second kappa shape index (κ2) is 19.7. The van der Waals surface area contributed by atoms with E-state index in [2.05, 4.69) is 347 Å². The SMILES string of the molecule is c1ccc([Si](c2ccccc2)(c2ccccc2)c2cccc(-n3c4ccccc4c4cc(-n5c6ccc(-n7c8ccccc8c8ccccc87)cc6c6ccc([Si](c7ccccc7)(c7ccccc7)c7ccccc7)cc65)ccc43)c2)cc1. The second-order valence-corrected chi connectivity index (χ2v) is 29.6. The topological polar surface area (TPSA) is 14.8 Å². The molecule has 0 aliphatic carbocycles. The van der Waals surface area contributed by atoms with Crippen LogP contribution in [0.5, 0.6) is 0 Å². The average molecular weight is 1090 g/mol. The van der Waals surface area contributed by atoms with Crippen molar-refractivity contribution >= 4 is 123 Å². The Morgan fingerprint density at radius 2 is 0.434 bits per heavy atom. The molecule has 0 amide bonds. The maximum absolute atomic E-state index is 2.92. The lowest BCUT2D eigenvalue weighted by Gasteiger charge is -2.34. The van der Waals surface area contributed by atoms with Crippen molar-refractivity contribution in [1.29, 1.82) is 0 Å². The van der Waals surface area contributed by atoms with Gasteiger partial charge in [0.2, 0.25) is 0 Å². The summed E-state index contributed by atoms with van der Waals surface area (Å²) in [5.74, 6) is 0. The fourth-order valence-corrected chi connectivity index (χ4v) is 23.8. The predicted octanol–water partition coefficient (Wildman–Crippen LogP) is 13.7. The largest absolute Gasteiger partial charge is 0.309 e. The minimum absolute atomic E-state index is 1.12. The van der Waals surface area contributed by atoms with E-state index in [1.165, 1.54) is 95.9 Å². The average Bonchev–Trinajstić information content (AvgIpc) is 4.37. The monoisotopic (exact) mass is 1090 g/mol. The van der Waals surface area contributed by atoms with Gasteiger partial charge in [0.05, 0.1) is 33.1 Å². The molecule has 0 radical (unpaired) electrons. The van der Waals surface area contributed by atoms with Gasteiger partial charge >= 0.3 is 0 Å². The van der Waals surface area contributed by atoms with Crippen molar-refractivity contribution in [2.75, 3.05) is 0 Å². The summed E-state index contributed by atoms with van der Waals surface area (Å²) in [5, 5.41) is 18.1. The zero-order valence-corrected chi connectivity index (χ0v) is 47.6. The van der Waals surface area contributed by atoms with E-state index in [9.17, 15) is 0 Å². The highest BCUT2D eigenvalue weighted by molar-refractivity contribution is 7.20. The van der Waals surface area contributed by atoms with Crippen LogP contribution in [-0.2, 0) is 0 Å². The first-order valence-electron chi connectivity index (χ1n) is 28.7. The van der Waals surface area contributed by atoms with Crippen LogP contribution < -0.4 is 41.5 Å². The fourth-order valence-electron chi connectivity index (χ4n) is 14.2. The molecule has 0 saturated carbocycles. The van der Waals surface area contributed by atoms with Crippen molar-refractivity contribution < 1.29 is 0 Å². The number of hydrogen-bond donors (Lipinski definition) is 0. The molecule has 16 rings (SSSR count). The lowest BCUT2D eigenvalue weighted by Crippen LogP contribution is -2.74. The van der Waals surface area contributed by atoms with Crippen molar-refractivity contribution in [3.8, 4) is 17.1 Å². The molecule has 13 aromatic carbocycles. The molecule has 0 aliphatic heterocycles. The summed E-state index contributed by atoms with van der Waals surface area (Å²) in [5.41, 5.74) is 10.5. The van der Waals surface area contributed by atoms with Gasteiger partial charge in [0.1, 0.15) is 0 Å². The van der Waals surface area contributed by atoms with E-state index in [-0.39, 0.29) is 0 Å². The molecule has 3 heterocycles. The molecule has 0 aliphatic rings. The third-order valence-corrected chi connectivity index (χ3v) is 27.3. The summed E-state index contributed by atoms with van der Waals surface area (Å²) >= 11 is 0. The Bertz CT molecular complexity index is 4820. The Labute approximate surface area is 484 Å². The third-order valence-electron chi connectivity index (χ3n) is 17.7. The molecule has 5 heteroatoms. The predicted molar refractivity (Wildman–Crippen MR) is 357 cm³/mol. The lowest BCUT2D eigenvalue weighted by molar-refractivity contribution is 1.16. The van der Waals surface area contributed by atoms with Crippen LogP contribution >= 0.6 is 0 Å². The van der Waals surface area contributed by atoms with Gasteiger partial charge in [0.25, 0.3) is 0 Å². The van der Waals surface area contributed by atoms with E-state index in [4.69, 9.17) is 0 Å². The Kier molecular flexibility index (Phi) is 11.6. The van der Waals surface area contributed by atoms with E-state index >= 15 is 0 Å². The summed E-state index contributed by atoms with van der Waals surface area (Å²) in [6.07, 6.45) is 0.